The second kappa shape index (κ2) is 15.3. The lowest BCUT2D eigenvalue weighted by Gasteiger charge is -2.25. The molecule has 3 atom stereocenters. The minimum absolute atomic E-state index is 0.218. The molecular weight excluding hydrogens is 439 g/mol. The maximum absolute atomic E-state index is 13.4. The molecule has 2 aliphatic rings. The Labute approximate surface area is 211 Å². The van der Waals surface area contributed by atoms with Crippen LogP contribution in [0, 0.1) is 30.0 Å². The van der Waals surface area contributed by atoms with Crippen molar-refractivity contribution >= 4 is 0 Å². The third-order valence-corrected chi connectivity index (χ3v) is 6.55. The van der Waals surface area contributed by atoms with Crippen LogP contribution >= 0.6 is 0 Å². The first-order chi connectivity index (χ1) is 16.9. The molecule has 4 rings (SSSR count). The molecule has 3 unspecified atom stereocenters. The van der Waals surface area contributed by atoms with Gasteiger partial charge in [0, 0.05) is 17.8 Å². The van der Waals surface area contributed by atoms with E-state index in [4.69, 9.17) is 5.26 Å². The van der Waals surface area contributed by atoms with E-state index < -0.39 is 0 Å². The van der Waals surface area contributed by atoms with Gasteiger partial charge in [0.05, 0.1) is 23.6 Å². The summed E-state index contributed by atoms with van der Waals surface area (Å²) in [6.07, 6.45) is 13.2. The van der Waals surface area contributed by atoms with Crippen molar-refractivity contribution in [1.29, 1.82) is 5.26 Å². The monoisotopic (exact) mass is 482 g/mol. The Kier molecular flexibility index (Phi) is 12.5. The van der Waals surface area contributed by atoms with E-state index in [0.29, 0.717) is 29.9 Å². The molecule has 1 aliphatic carbocycles. The maximum atomic E-state index is 13.4. The van der Waals surface area contributed by atoms with E-state index in [9.17, 15) is 4.39 Å². The predicted molar refractivity (Wildman–Crippen MR) is 141 cm³/mol. The number of benzene rings is 1. The van der Waals surface area contributed by atoms with Gasteiger partial charge in [0.25, 0.3) is 0 Å². The first kappa shape index (κ1) is 28.5. The highest BCUT2D eigenvalue weighted by Crippen LogP contribution is 2.36. The summed E-state index contributed by atoms with van der Waals surface area (Å²) in [5.41, 5.74) is 3.27. The number of nitrogens with one attached hydrogen (secondary N) is 2. The second-order valence-electron chi connectivity index (χ2n) is 9.50. The number of hydrogen-bond acceptors (Lipinski definition) is 5. The molecule has 2 heterocycles. The molecular formula is C28H43FN6. The van der Waals surface area contributed by atoms with E-state index in [-0.39, 0.29) is 5.82 Å². The Morgan fingerprint density at radius 1 is 1.23 bits per heavy atom. The Morgan fingerprint density at radius 2 is 1.97 bits per heavy atom. The SMILES string of the molecule is C=C(NCC#N)C1NC2CCC1C2.CCCCCC.CCCc1cn(-c2ccc(C)c(F)c2)nn1. The van der Waals surface area contributed by atoms with Crippen molar-refractivity contribution in [2.24, 2.45) is 5.92 Å². The van der Waals surface area contributed by atoms with E-state index in [1.807, 2.05) is 12.3 Å². The molecule has 0 spiro atoms. The standard InChI is InChI=1S/C12H14FN3.C10H15N3.C6H14/c1-3-4-10-8-16(15-14-10)11-6-5-9(2)12(13)7-11;1-7(12-5-4-11)10-8-2-3-9(6-8)13-10;1-3-5-6-4-2/h5-8H,3-4H2,1-2H3;8-10,12-13H,1-3,5-6H2;3-6H2,1-2H3. The van der Waals surface area contributed by atoms with Gasteiger partial charge in [0.2, 0.25) is 0 Å². The van der Waals surface area contributed by atoms with Gasteiger partial charge < -0.3 is 10.6 Å². The number of piperidine rings is 1. The summed E-state index contributed by atoms with van der Waals surface area (Å²) >= 11 is 0. The van der Waals surface area contributed by atoms with Crippen molar-refractivity contribution in [3.05, 3.63) is 53.7 Å². The van der Waals surface area contributed by atoms with Gasteiger partial charge in [-0.3, -0.25) is 0 Å². The van der Waals surface area contributed by atoms with E-state index >= 15 is 0 Å². The molecule has 2 fully saturated rings. The fourth-order valence-corrected chi connectivity index (χ4v) is 4.53. The van der Waals surface area contributed by atoms with E-state index in [0.717, 1.165) is 30.2 Å². The molecule has 35 heavy (non-hydrogen) atoms. The van der Waals surface area contributed by atoms with Crippen LogP contribution in [-0.2, 0) is 6.42 Å². The lowest BCUT2D eigenvalue weighted by molar-refractivity contribution is 0.409. The molecule has 1 saturated heterocycles. The first-order valence-electron chi connectivity index (χ1n) is 13.2. The minimum Gasteiger partial charge on any atom is -0.375 e. The number of nitriles is 1. The van der Waals surface area contributed by atoms with Crippen molar-refractivity contribution in [3.63, 3.8) is 0 Å². The number of halogens is 1. The van der Waals surface area contributed by atoms with E-state index in [1.165, 1.54) is 51.0 Å². The summed E-state index contributed by atoms with van der Waals surface area (Å²) in [6.45, 7) is 12.6. The van der Waals surface area contributed by atoms with Gasteiger partial charge in [-0.05, 0) is 56.2 Å². The van der Waals surface area contributed by atoms with Gasteiger partial charge in [-0.25, -0.2) is 9.07 Å². The Balaban J connectivity index is 0.000000204. The number of hydrogen-bond donors (Lipinski definition) is 2. The molecule has 2 aromatic rings. The second-order valence-corrected chi connectivity index (χ2v) is 9.50. The van der Waals surface area contributed by atoms with Gasteiger partial charge in [0.15, 0.2) is 0 Å². The van der Waals surface area contributed by atoms with Gasteiger partial charge in [-0.15, -0.1) is 5.10 Å². The fourth-order valence-electron chi connectivity index (χ4n) is 4.53. The molecule has 1 saturated carbocycles. The number of rotatable bonds is 9. The van der Waals surface area contributed by atoms with Crippen molar-refractivity contribution in [1.82, 2.24) is 25.6 Å². The van der Waals surface area contributed by atoms with Gasteiger partial charge >= 0.3 is 0 Å². The summed E-state index contributed by atoms with van der Waals surface area (Å²) in [6, 6.07) is 8.23. The van der Waals surface area contributed by atoms with E-state index in [2.05, 4.69) is 54.4 Å². The Hall–Kier alpha value is -2.72. The minimum atomic E-state index is -0.218. The normalized spacial score (nSPS) is 19.7. The Morgan fingerprint density at radius 3 is 2.51 bits per heavy atom. The van der Waals surface area contributed by atoms with Crippen LogP contribution in [0.1, 0.15) is 83.4 Å². The van der Waals surface area contributed by atoms with Gasteiger partial charge in [-0.1, -0.05) is 70.7 Å². The lowest BCUT2D eigenvalue weighted by atomic mass is 9.98. The van der Waals surface area contributed by atoms with Crippen LogP contribution in [0.3, 0.4) is 0 Å². The van der Waals surface area contributed by atoms with E-state index in [1.54, 1.807) is 17.7 Å². The number of aryl methyl sites for hydroxylation is 2. The Bertz CT molecular complexity index is 943. The van der Waals surface area contributed by atoms with Crippen LogP contribution in [0.4, 0.5) is 4.39 Å². The lowest BCUT2D eigenvalue weighted by Crippen LogP contribution is -2.40. The van der Waals surface area contributed by atoms with Crippen LogP contribution in [0.15, 0.2) is 36.7 Å². The van der Waals surface area contributed by atoms with Crippen LogP contribution in [0.25, 0.3) is 5.69 Å². The summed E-state index contributed by atoms with van der Waals surface area (Å²) in [4.78, 5) is 0. The predicted octanol–water partition coefficient (Wildman–Crippen LogP) is 6.01. The molecule has 0 amide bonds. The van der Waals surface area contributed by atoms with Crippen LogP contribution in [0.5, 0.6) is 0 Å². The summed E-state index contributed by atoms with van der Waals surface area (Å²) in [7, 11) is 0. The number of fused-ring (bicyclic) bond motifs is 2. The van der Waals surface area contributed by atoms with Crippen molar-refractivity contribution in [3.8, 4) is 11.8 Å². The smallest absolute Gasteiger partial charge is 0.128 e. The summed E-state index contributed by atoms with van der Waals surface area (Å²) in [5.74, 6) is 0.536. The average molecular weight is 483 g/mol. The molecule has 1 aromatic carbocycles. The maximum Gasteiger partial charge on any atom is 0.128 e. The third kappa shape index (κ3) is 9.10. The molecule has 192 valence electrons. The summed E-state index contributed by atoms with van der Waals surface area (Å²) < 4.78 is 15.0. The van der Waals surface area contributed by atoms with Gasteiger partial charge in [0.1, 0.15) is 12.4 Å². The van der Waals surface area contributed by atoms with Crippen molar-refractivity contribution in [2.45, 2.75) is 97.6 Å². The van der Waals surface area contributed by atoms with Crippen LogP contribution in [-0.4, -0.2) is 33.6 Å². The highest BCUT2D eigenvalue weighted by atomic mass is 19.1. The number of aromatic nitrogens is 3. The highest BCUT2D eigenvalue weighted by Gasteiger charge is 2.40. The molecule has 7 heteroatoms. The molecule has 2 bridgehead atoms. The molecule has 2 N–H and O–H groups in total. The fraction of sp³-hybridized carbons (Fsp3) is 0.607. The zero-order valence-corrected chi connectivity index (χ0v) is 22.0. The topological polar surface area (TPSA) is 78.6 Å². The first-order valence-corrected chi connectivity index (χ1v) is 13.2. The number of unbranched alkanes of at least 4 members (excludes halogenated alkanes) is 3. The third-order valence-electron chi connectivity index (χ3n) is 6.55. The van der Waals surface area contributed by atoms with Crippen LogP contribution in [0.2, 0.25) is 0 Å². The number of nitrogens with zero attached hydrogens (tertiary/aromatic N) is 4. The largest absolute Gasteiger partial charge is 0.375 e. The highest BCUT2D eigenvalue weighted by molar-refractivity contribution is 5.34. The van der Waals surface area contributed by atoms with Gasteiger partial charge in [-0.2, -0.15) is 5.26 Å². The van der Waals surface area contributed by atoms with Crippen molar-refractivity contribution in [2.75, 3.05) is 6.54 Å². The summed E-state index contributed by atoms with van der Waals surface area (Å²) in [5, 5.41) is 23.0. The molecule has 1 aromatic heterocycles. The average Bonchev–Trinajstić information content (AvgIpc) is 3.62. The molecule has 0 radical (unpaired) electrons. The quantitative estimate of drug-likeness (QED) is 0.338. The van der Waals surface area contributed by atoms with Crippen molar-refractivity contribution < 1.29 is 4.39 Å². The zero-order valence-electron chi connectivity index (χ0n) is 22.0. The molecule has 6 nitrogen and oxygen atoms in total. The van der Waals surface area contributed by atoms with Crippen LogP contribution < -0.4 is 10.6 Å². The zero-order chi connectivity index (χ0) is 25.6. The molecule has 1 aliphatic heterocycles.